The van der Waals surface area contributed by atoms with Gasteiger partial charge in [0.1, 0.15) is 0 Å². The molecule has 0 saturated heterocycles. The molecule has 0 aromatic carbocycles. The number of rotatable bonds is 5. The Morgan fingerprint density at radius 2 is 2.22 bits per heavy atom. The van der Waals surface area contributed by atoms with E-state index in [9.17, 15) is 0 Å². The van der Waals surface area contributed by atoms with Crippen molar-refractivity contribution in [1.29, 1.82) is 0 Å². The molecule has 3 N–H and O–H groups in total. The van der Waals surface area contributed by atoms with E-state index in [-0.39, 0.29) is 0 Å². The van der Waals surface area contributed by atoms with Gasteiger partial charge in [0.15, 0.2) is 0 Å². The van der Waals surface area contributed by atoms with Gasteiger partial charge in [-0.15, -0.1) is 0 Å². The number of nitrogens with two attached hydrogens (primary N) is 1. The standard InChI is InChI=1S/C7H18N2/c1-3-4-5-7(8)6-9-2/h7,9H,3-6,8H2,1-2H3/t7-/m0/s1. The molecular weight excluding hydrogens is 112 g/mol. The first-order chi connectivity index (χ1) is 4.31. The molecule has 0 saturated carbocycles. The van der Waals surface area contributed by atoms with Crippen molar-refractivity contribution in [2.45, 2.75) is 32.2 Å². The van der Waals surface area contributed by atoms with Crippen LogP contribution in [0, 0.1) is 0 Å². The number of unbranched alkanes of at least 4 members (excludes halogenated alkanes) is 1. The highest BCUT2D eigenvalue weighted by Crippen LogP contribution is 1.95. The molecule has 0 unspecified atom stereocenters. The molecule has 0 bridgehead atoms. The second-order valence-corrected chi connectivity index (χ2v) is 2.46. The van der Waals surface area contributed by atoms with Gasteiger partial charge in [0, 0.05) is 12.6 Å². The van der Waals surface area contributed by atoms with Crippen LogP contribution in [0.5, 0.6) is 0 Å². The third-order valence-electron chi connectivity index (χ3n) is 1.39. The number of hydrogen-bond donors (Lipinski definition) is 2. The van der Waals surface area contributed by atoms with Gasteiger partial charge in [-0.3, -0.25) is 0 Å². The van der Waals surface area contributed by atoms with Crippen LogP contribution < -0.4 is 11.1 Å². The van der Waals surface area contributed by atoms with E-state index in [2.05, 4.69) is 12.2 Å². The molecule has 9 heavy (non-hydrogen) atoms. The summed E-state index contributed by atoms with van der Waals surface area (Å²) >= 11 is 0. The van der Waals surface area contributed by atoms with E-state index in [1.165, 1.54) is 12.8 Å². The summed E-state index contributed by atoms with van der Waals surface area (Å²) in [6.07, 6.45) is 3.65. The monoisotopic (exact) mass is 130 g/mol. The zero-order valence-corrected chi connectivity index (χ0v) is 6.48. The van der Waals surface area contributed by atoms with Gasteiger partial charge in [-0.1, -0.05) is 19.8 Å². The summed E-state index contributed by atoms with van der Waals surface area (Å²) in [6, 6.07) is 0.356. The normalized spacial score (nSPS) is 13.7. The first-order valence-corrected chi connectivity index (χ1v) is 3.71. The number of nitrogens with one attached hydrogen (secondary N) is 1. The minimum atomic E-state index is 0.356. The van der Waals surface area contributed by atoms with Gasteiger partial charge in [-0.25, -0.2) is 0 Å². The third-order valence-corrected chi connectivity index (χ3v) is 1.39. The summed E-state index contributed by atoms with van der Waals surface area (Å²) in [5.74, 6) is 0. The molecule has 0 amide bonds. The predicted octanol–water partition coefficient (Wildman–Crippen LogP) is 0.723. The molecule has 56 valence electrons. The molecule has 2 heteroatoms. The van der Waals surface area contributed by atoms with Crippen LogP contribution in [0.1, 0.15) is 26.2 Å². The third kappa shape index (κ3) is 5.80. The Bertz CT molecular complexity index is 54.9. The lowest BCUT2D eigenvalue weighted by molar-refractivity contribution is 0.549. The minimum Gasteiger partial charge on any atom is -0.327 e. The average Bonchev–Trinajstić information content (AvgIpc) is 1.85. The molecule has 0 radical (unpaired) electrons. The first-order valence-electron chi connectivity index (χ1n) is 3.71. The number of hydrogen-bond acceptors (Lipinski definition) is 2. The van der Waals surface area contributed by atoms with Crippen LogP contribution in [-0.2, 0) is 0 Å². The van der Waals surface area contributed by atoms with Gasteiger partial charge in [0.05, 0.1) is 0 Å². The fourth-order valence-electron chi connectivity index (χ4n) is 0.831. The van der Waals surface area contributed by atoms with Crippen molar-refractivity contribution in [3.63, 3.8) is 0 Å². The first kappa shape index (κ1) is 8.92. The molecule has 2 nitrogen and oxygen atoms in total. The van der Waals surface area contributed by atoms with Crippen molar-refractivity contribution < 1.29 is 0 Å². The van der Waals surface area contributed by atoms with Gasteiger partial charge >= 0.3 is 0 Å². The van der Waals surface area contributed by atoms with Crippen molar-refractivity contribution in [3.8, 4) is 0 Å². The Morgan fingerprint density at radius 3 is 2.67 bits per heavy atom. The Balaban J connectivity index is 2.95. The van der Waals surface area contributed by atoms with Gasteiger partial charge in [0.25, 0.3) is 0 Å². The molecule has 0 aromatic rings. The van der Waals surface area contributed by atoms with E-state index < -0.39 is 0 Å². The van der Waals surface area contributed by atoms with E-state index in [0.29, 0.717) is 6.04 Å². The van der Waals surface area contributed by atoms with Crippen molar-refractivity contribution in [1.82, 2.24) is 5.32 Å². The Morgan fingerprint density at radius 1 is 1.56 bits per heavy atom. The SMILES string of the molecule is CCCC[C@H](N)CNC. The zero-order valence-electron chi connectivity index (χ0n) is 6.48. The lowest BCUT2D eigenvalue weighted by Gasteiger charge is -2.08. The van der Waals surface area contributed by atoms with Crippen molar-refractivity contribution in [3.05, 3.63) is 0 Å². The second-order valence-electron chi connectivity index (χ2n) is 2.46. The van der Waals surface area contributed by atoms with Crippen LogP contribution in [0.3, 0.4) is 0 Å². The molecule has 0 heterocycles. The van der Waals surface area contributed by atoms with Crippen LogP contribution in [-0.4, -0.2) is 19.6 Å². The largest absolute Gasteiger partial charge is 0.327 e. The van der Waals surface area contributed by atoms with Crippen molar-refractivity contribution >= 4 is 0 Å². The molecule has 0 fully saturated rings. The fraction of sp³-hybridized carbons (Fsp3) is 1.00. The zero-order chi connectivity index (χ0) is 7.11. The minimum absolute atomic E-state index is 0.356. The van der Waals surface area contributed by atoms with Crippen molar-refractivity contribution in [2.75, 3.05) is 13.6 Å². The molecule has 0 aliphatic rings. The molecule has 0 aliphatic carbocycles. The maximum Gasteiger partial charge on any atom is 0.0165 e. The highest BCUT2D eigenvalue weighted by Gasteiger charge is 1.97. The van der Waals surface area contributed by atoms with E-state index >= 15 is 0 Å². The fourth-order valence-corrected chi connectivity index (χ4v) is 0.831. The Hall–Kier alpha value is -0.0800. The van der Waals surface area contributed by atoms with Crippen molar-refractivity contribution in [2.24, 2.45) is 5.73 Å². The Kier molecular flexibility index (Phi) is 5.99. The van der Waals surface area contributed by atoms with E-state index in [4.69, 9.17) is 5.73 Å². The summed E-state index contributed by atoms with van der Waals surface area (Å²) in [5.41, 5.74) is 5.71. The summed E-state index contributed by atoms with van der Waals surface area (Å²) < 4.78 is 0. The van der Waals surface area contributed by atoms with Crippen LogP contribution in [0.25, 0.3) is 0 Å². The lowest BCUT2D eigenvalue weighted by Crippen LogP contribution is -2.31. The quantitative estimate of drug-likeness (QED) is 0.575. The predicted molar refractivity (Wildman–Crippen MR) is 41.4 cm³/mol. The van der Waals surface area contributed by atoms with E-state index in [1.807, 2.05) is 7.05 Å². The maximum absolute atomic E-state index is 5.71. The van der Waals surface area contributed by atoms with Crippen LogP contribution in [0.2, 0.25) is 0 Å². The summed E-state index contributed by atoms with van der Waals surface area (Å²) in [6.45, 7) is 3.13. The molecule has 1 atom stereocenters. The molecular formula is C7H18N2. The Labute approximate surface area is 57.8 Å². The highest BCUT2D eigenvalue weighted by molar-refractivity contribution is 4.61. The average molecular weight is 130 g/mol. The van der Waals surface area contributed by atoms with Gasteiger partial charge in [-0.2, -0.15) is 0 Å². The summed E-state index contributed by atoms with van der Waals surface area (Å²) in [7, 11) is 1.94. The topological polar surface area (TPSA) is 38.0 Å². The van der Waals surface area contributed by atoms with Crippen LogP contribution in [0.15, 0.2) is 0 Å². The van der Waals surface area contributed by atoms with Crippen LogP contribution in [0.4, 0.5) is 0 Å². The van der Waals surface area contributed by atoms with Gasteiger partial charge in [0.2, 0.25) is 0 Å². The van der Waals surface area contributed by atoms with Gasteiger partial charge < -0.3 is 11.1 Å². The second kappa shape index (κ2) is 6.05. The maximum atomic E-state index is 5.71. The van der Waals surface area contributed by atoms with E-state index in [0.717, 1.165) is 13.0 Å². The van der Waals surface area contributed by atoms with Crippen LogP contribution >= 0.6 is 0 Å². The van der Waals surface area contributed by atoms with Gasteiger partial charge in [-0.05, 0) is 13.5 Å². The molecule has 0 rings (SSSR count). The molecule has 0 spiro atoms. The van der Waals surface area contributed by atoms with E-state index in [1.54, 1.807) is 0 Å². The lowest BCUT2D eigenvalue weighted by atomic mass is 10.1. The molecule has 0 aromatic heterocycles. The smallest absolute Gasteiger partial charge is 0.0165 e. The number of likely N-dealkylation sites (N-methyl/N-ethyl adjacent to an activating group) is 1. The molecule has 0 aliphatic heterocycles. The summed E-state index contributed by atoms with van der Waals surface area (Å²) in [4.78, 5) is 0. The summed E-state index contributed by atoms with van der Waals surface area (Å²) in [5, 5.41) is 3.05. The highest BCUT2D eigenvalue weighted by atomic mass is 14.9.